The second-order valence-corrected chi connectivity index (χ2v) is 4.32. The summed E-state index contributed by atoms with van der Waals surface area (Å²) in [6.07, 6.45) is 1.00. The fourth-order valence-corrected chi connectivity index (χ4v) is 1.37. The molecular formula is C12H16ClNO2. The average Bonchev–Trinajstić information content (AvgIpc) is 2.28. The van der Waals surface area contributed by atoms with Crippen LogP contribution in [0.3, 0.4) is 0 Å². The molecule has 0 fully saturated rings. The van der Waals surface area contributed by atoms with Crippen molar-refractivity contribution in [2.24, 2.45) is 5.92 Å². The minimum absolute atomic E-state index is 0.0500. The zero-order valence-corrected chi connectivity index (χ0v) is 10.2. The van der Waals surface area contributed by atoms with Gasteiger partial charge in [-0.3, -0.25) is 4.79 Å². The summed E-state index contributed by atoms with van der Waals surface area (Å²) in [5.41, 5.74) is 0.218. The number of hydrogen-bond acceptors (Lipinski definition) is 2. The van der Waals surface area contributed by atoms with E-state index in [0.29, 0.717) is 17.5 Å². The monoisotopic (exact) mass is 241 g/mol. The molecule has 1 atom stereocenters. The lowest BCUT2D eigenvalue weighted by atomic mass is 10.1. The molecule has 0 aliphatic heterocycles. The molecule has 1 aromatic rings. The Balaban J connectivity index is 2.69. The third-order valence-corrected chi connectivity index (χ3v) is 2.75. The second-order valence-electron chi connectivity index (χ2n) is 3.88. The predicted octanol–water partition coefficient (Wildman–Crippen LogP) is 2.82. The quantitative estimate of drug-likeness (QED) is 0.852. The van der Waals surface area contributed by atoms with Gasteiger partial charge in [0.1, 0.15) is 5.75 Å². The number of rotatable bonds is 4. The van der Waals surface area contributed by atoms with Gasteiger partial charge in [-0.1, -0.05) is 31.9 Å². The molecule has 0 saturated carbocycles. The van der Waals surface area contributed by atoms with Crippen LogP contribution in [0.2, 0.25) is 5.02 Å². The Morgan fingerprint density at radius 3 is 2.88 bits per heavy atom. The van der Waals surface area contributed by atoms with E-state index in [9.17, 15) is 9.90 Å². The minimum atomic E-state index is -0.291. The predicted molar refractivity (Wildman–Crippen MR) is 64.9 cm³/mol. The number of phenolic OH excluding ortho intramolecular Hbond substituents is 1. The molecule has 88 valence electrons. The summed E-state index contributed by atoms with van der Waals surface area (Å²) >= 11 is 5.76. The van der Waals surface area contributed by atoms with Crippen molar-refractivity contribution in [3.8, 4) is 5.75 Å². The van der Waals surface area contributed by atoms with Crippen molar-refractivity contribution in [3.63, 3.8) is 0 Å². The first-order valence-corrected chi connectivity index (χ1v) is 5.69. The van der Waals surface area contributed by atoms with E-state index in [1.807, 2.05) is 0 Å². The van der Waals surface area contributed by atoms with Crippen LogP contribution in [0.4, 0.5) is 0 Å². The van der Waals surface area contributed by atoms with Gasteiger partial charge in [-0.25, -0.2) is 0 Å². The van der Waals surface area contributed by atoms with E-state index in [1.165, 1.54) is 12.1 Å². The molecule has 0 spiro atoms. The number of hydrogen-bond donors (Lipinski definition) is 2. The van der Waals surface area contributed by atoms with Gasteiger partial charge in [0.25, 0.3) is 5.91 Å². The molecule has 0 radical (unpaired) electrons. The highest BCUT2D eigenvalue weighted by atomic mass is 35.5. The molecule has 0 heterocycles. The summed E-state index contributed by atoms with van der Waals surface area (Å²) in [7, 11) is 0. The lowest BCUT2D eigenvalue weighted by Crippen LogP contribution is -2.28. The zero-order chi connectivity index (χ0) is 12.1. The van der Waals surface area contributed by atoms with Gasteiger partial charge in [0.15, 0.2) is 0 Å². The van der Waals surface area contributed by atoms with Crippen molar-refractivity contribution in [1.29, 1.82) is 0 Å². The van der Waals surface area contributed by atoms with Gasteiger partial charge in [0.2, 0.25) is 0 Å². The highest BCUT2D eigenvalue weighted by molar-refractivity contribution is 6.31. The number of benzene rings is 1. The van der Waals surface area contributed by atoms with Crippen molar-refractivity contribution in [1.82, 2.24) is 5.32 Å². The Labute approximate surface area is 100 Å². The molecular weight excluding hydrogens is 226 g/mol. The van der Waals surface area contributed by atoms with Crippen LogP contribution in [0.15, 0.2) is 18.2 Å². The van der Waals surface area contributed by atoms with Crippen molar-refractivity contribution < 1.29 is 9.90 Å². The van der Waals surface area contributed by atoms with Crippen molar-refractivity contribution in [2.75, 3.05) is 6.54 Å². The van der Waals surface area contributed by atoms with Gasteiger partial charge in [0, 0.05) is 11.6 Å². The summed E-state index contributed by atoms with van der Waals surface area (Å²) < 4.78 is 0. The highest BCUT2D eigenvalue weighted by Crippen LogP contribution is 2.21. The maximum Gasteiger partial charge on any atom is 0.255 e. The van der Waals surface area contributed by atoms with E-state index in [4.69, 9.17) is 11.6 Å². The van der Waals surface area contributed by atoms with Crippen LogP contribution in [-0.4, -0.2) is 17.6 Å². The summed E-state index contributed by atoms with van der Waals surface area (Å²) in [5, 5.41) is 12.7. The van der Waals surface area contributed by atoms with Gasteiger partial charge in [-0.05, 0) is 24.1 Å². The SMILES string of the molecule is CCC(C)CNC(=O)c1cc(Cl)ccc1O. The number of halogens is 1. The largest absolute Gasteiger partial charge is 0.507 e. The molecule has 3 nitrogen and oxygen atoms in total. The first kappa shape index (κ1) is 12.8. The molecule has 0 bridgehead atoms. The van der Waals surface area contributed by atoms with Crippen molar-refractivity contribution in [3.05, 3.63) is 28.8 Å². The smallest absolute Gasteiger partial charge is 0.255 e. The van der Waals surface area contributed by atoms with Gasteiger partial charge in [-0.2, -0.15) is 0 Å². The van der Waals surface area contributed by atoms with E-state index in [2.05, 4.69) is 19.2 Å². The second kappa shape index (κ2) is 5.75. The third kappa shape index (κ3) is 3.42. The van der Waals surface area contributed by atoms with Gasteiger partial charge >= 0.3 is 0 Å². The van der Waals surface area contributed by atoms with Crippen LogP contribution >= 0.6 is 11.6 Å². The number of phenols is 1. The van der Waals surface area contributed by atoms with Crippen LogP contribution < -0.4 is 5.32 Å². The normalized spacial score (nSPS) is 12.2. The molecule has 1 amide bonds. The molecule has 1 unspecified atom stereocenters. The Morgan fingerprint density at radius 1 is 1.56 bits per heavy atom. The number of nitrogens with one attached hydrogen (secondary N) is 1. The van der Waals surface area contributed by atoms with Crippen LogP contribution in [0.25, 0.3) is 0 Å². The fraction of sp³-hybridized carbons (Fsp3) is 0.417. The molecule has 2 N–H and O–H groups in total. The Kier molecular flexibility index (Phi) is 4.62. The van der Waals surface area contributed by atoms with Crippen molar-refractivity contribution in [2.45, 2.75) is 20.3 Å². The lowest BCUT2D eigenvalue weighted by Gasteiger charge is -2.11. The topological polar surface area (TPSA) is 49.3 Å². The molecule has 0 saturated heterocycles. The lowest BCUT2D eigenvalue weighted by molar-refractivity contribution is 0.0945. The van der Waals surface area contributed by atoms with E-state index in [0.717, 1.165) is 6.42 Å². The molecule has 1 aromatic carbocycles. The maximum absolute atomic E-state index is 11.7. The zero-order valence-electron chi connectivity index (χ0n) is 9.46. The van der Waals surface area contributed by atoms with Gasteiger partial charge < -0.3 is 10.4 Å². The van der Waals surface area contributed by atoms with E-state index >= 15 is 0 Å². The van der Waals surface area contributed by atoms with Gasteiger partial charge in [-0.15, -0.1) is 0 Å². The molecule has 0 aliphatic carbocycles. The van der Waals surface area contributed by atoms with E-state index < -0.39 is 0 Å². The first-order chi connectivity index (χ1) is 7.54. The standard InChI is InChI=1S/C12H16ClNO2/c1-3-8(2)7-14-12(16)10-6-9(13)4-5-11(10)15/h4-6,8,15H,3,7H2,1-2H3,(H,14,16). The van der Waals surface area contributed by atoms with Crippen LogP contribution in [0, 0.1) is 5.92 Å². The maximum atomic E-state index is 11.7. The van der Waals surface area contributed by atoms with E-state index in [1.54, 1.807) is 6.07 Å². The summed E-state index contributed by atoms with van der Waals surface area (Å²) in [6, 6.07) is 4.42. The Hall–Kier alpha value is -1.22. The molecule has 1 rings (SSSR count). The molecule has 0 aliphatic rings. The fourth-order valence-electron chi connectivity index (χ4n) is 1.20. The minimum Gasteiger partial charge on any atom is -0.507 e. The average molecular weight is 242 g/mol. The Bertz CT molecular complexity index is 379. The number of carbonyl (C=O) groups is 1. The molecule has 16 heavy (non-hydrogen) atoms. The summed E-state index contributed by atoms with van der Waals surface area (Å²) in [6.45, 7) is 4.72. The van der Waals surface area contributed by atoms with Gasteiger partial charge in [0.05, 0.1) is 5.56 Å². The van der Waals surface area contributed by atoms with Crippen LogP contribution in [-0.2, 0) is 0 Å². The highest BCUT2D eigenvalue weighted by Gasteiger charge is 2.11. The third-order valence-electron chi connectivity index (χ3n) is 2.51. The van der Waals surface area contributed by atoms with Crippen molar-refractivity contribution >= 4 is 17.5 Å². The number of amides is 1. The van der Waals surface area contributed by atoms with E-state index in [-0.39, 0.29) is 17.2 Å². The first-order valence-electron chi connectivity index (χ1n) is 5.31. The number of carbonyl (C=O) groups excluding carboxylic acids is 1. The summed E-state index contributed by atoms with van der Waals surface area (Å²) in [4.78, 5) is 11.7. The number of aromatic hydroxyl groups is 1. The summed E-state index contributed by atoms with van der Waals surface area (Å²) in [5.74, 6) is 0.0802. The Morgan fingerprint density at radius 2 is 2.25 bits per heavy atom. The molecule has 4 heteroatoms. The van der Waals surface area contributed by atoms with Crippen LogP contribution in [0.1, 0.15) is 30.6 Å². The molecule has 0 aromatic heterocycles. The van der Waals surface area contributed by atoms with Crippen LogP contribution in [0.5, 0.6) is 5.75 Å².